The van der Waals surface area contributed by atoms with Crippen LogP contribution in [0.5, 0.6) is 11.5 Å². The molecule has 0 saturated carbocycles. The summed E-state index contributed by atoms with van der Waals surface area (Å²) in [5, 5.41) is 0. The Bertz CT molecular complexity index is 1390. The molecule has 0 fully saturated rings. The maximum absolute atomic E-state index is 6.28. The number of para-hydroxylation sites is 2. The van der Waals surface area contributed by atoms with Crippen LogP contribution >= 0.6 is 0 Å². The van der Waals surface area contributed by atoms with Crippen molar-refractivity contribution >= 4 is 0 Å². The van der Waals surface area contributed by atoms with Gasteiger partial charge in [0.15, 0.2) is 0 Å². The van der Waals surface area contributed by atoms with Crippen LogP contribution in [0.4, 0.5) is 0 Å². The zero-order chi connectivity index (χ0) is 27.9. The average Bonchev–Trinajstić information content (AvgIpc) is 3.00. The predicted octanol–water partition coefficient (Wildman–Crippen LogP) is 10.4. The Labute approximate surface area is 239 Å². The van der Waals surface area contributed by atoms with Crippen LogP contribution in [-0.2, 0) is 13.2 Å². The van der Waals surface area contributed by atoms with Gasteiger partial charge in [-0.05, 0) is 57.3 Å². The van der Waals surface area contributed by atoms with E-state index < -0.39 is 0 Å². The van der Waals surface area contributed by atoms with Gasteiger partial charge in [-0.2, -0.15) is 0 Å². The second-order valence-electron chi connectivity index (χ2n) is 10.9. The lowest BCUT2D eigenvalue weighted by atomic mass is 9.98. The van der Waals surface area contributed by atoms with Gasteiger partial charge in [0.25, 0.3) is 0 Å². The largest absolute Gasteiger partial charge is 0.488 e. The van der Waals surface area contributed by atoms with Crippen LogP contribution in [0.2, 0.25) is 0 Å². The van der Waals surface area contributed by atoms with Crippen molar-refractivity contribution in [3.63, 3.8) is 0 Å². The van der Waals surface area contributed by atoms with Crippen LogP contribution in [0.1, 0.15) is 61.8 Å². The van der Waals surface area contributed by atoms with Crippen molar-refractivity contribution in [2.45, 2.75) is 52.7 Å². The van der Waals surface area contributed by atoms with Gasteiger partial charge in [0.1, 0.15) is 24.7 Å². The summed E-state index contributed by atoms with van der Waals surface area (Å²) in [7, 11) is 0. The third-order valence-corrected chi connectivity index (χ3v) is 7.36. The highest BCUT2D eigenvalue weighted by Crippen LogP contribution is 2.33. The fraction of sp³-hybridized carbons (Fsp3) is 0.211. The molecule has 0 amide bonds. The third kappa shape index (κ3) is 6.63. The topological polar surface area (TPSA) is 18.5 Å². The second kappa shape index (κ2) is 12.7. The van der Waals surface area contributed by atoms with E-state index >= 15 is 0 Å². The maximum atomic E-state index is 6.28. The SMILES string of the molecule is CC(C)c1ccc(-c2ccccc2OCc2ccc(COc3ccccc3-c3ccc(C(C)C)cc3)cc2)cc1. The van der Waals surface area contributed by atoms with E-state index in [4.69, 9.17) is 9.47 Å². The van der Waals surface area contributed by atoms with Gasteiger partial charge in [0.2, 0.25) is 0 Å². The molecule has 40 heavy (non-hydrogen) atoms. The molecule has 5 rings (SSSR count). The molecule has 0 bridgehead atoms. The minimum absolute atomic E-state index is 0.511. The molecule has 0 radical (unpaired) electrons. The van der Waals surface area contributed by atoms with Crippen molar-refractivity contribution in [2.75, 3.05) is 0 Å². The molecule has 0 aliphatic carbocycles. The van der Waals surface area contributed by atoms with Gasteiger partial charge in [-0.1, -0.05) is 137 Å². The molecule has 5 aromatic rings. The van der Waals surface area contributed by atoms with Crippen LogP contribution in [0.3, 0.4) is 0 Å². The van der Waals surface area contributed by atoms with E-state index in [-0.39, 0.29) is 0 Å². The van der Waals surface area contributed by atoms with Gasteiger partial charge in [0.05, 0.1) is 0 Å². The van der Waals surface area contributed by atoms with Crippen molar-refractivity contribution < 1.29 is 9.47 Å². The highest BCUT2D eigenvalue weighted by molar-refractivity contribution is 5.71. The molecular formula is C38H38O2. The maximum Gasteiger partial charge on any atom is 0.127 e. The summed E-state index contributed by atoms with van der Waals surface area (Å²) in [5.41, 5.74) is 9.50. The molecule has 0 aromatic heterocycles. The summed E-state index contributed by atoms with van der Waals surface area (Å²) in [5.74, 6) is 2.83. The van der Waals surface area contributed by atoms with Gasteiger partial charge in [0, 0.05) is 11.1 Å². The smallest absolute Gasteiger partial charge is 0.127 e. The van der Waals surface area contributed by atoms with Gasteiger partial charge in [-0.25, -0.2) is 0 Å². The molecule has 0 saturated heterocycles. The van der Waals surface area contributed by atoms with Gasteiger partial charge in [-0.3, -0.25) is 0 Å². The average molecular weight is 527 g/mol. The lowest BCUT2D eigenvalue weighted by Gasteiger charge is -2.14. The van der Waals surface area contributed by atoms with Crippen molar-refractivity contribution in [3.05, 3.63) is 144 Å². The van der Waals surface area contributed by atoms with Gasteiger partial charge >= 0.3 is 0 Å². The van der Waals surface area contributed by atoms with Gasteiger partial charge in [-0.15, -0.1) is 0 Å². The molecule has 2 heteroatoms. The molecule has 0 aliphatic heterocycles. The Hall–Kier alpha value is -4.30. The van der Waals surface area contributed by atoms with Crippen LogP contribution in [-0.4, -0.2) is 0 Å². The normalized spacial score (nSPS) is 11.2. The molecule has 0 spiro atoms. The lowest BCUT2D eigenvalue weighted by molar-refractivity contribution is 0.304. The monoisotopic (exact) mass is 526 g/mol. The Morgan fingerprint density at radius 1 is 0.425 bits per heavy atom. The summed E-state index contributed by atoms with van der Waals surface area (Å²) >= 11 is 0. The molecule has 2 nitrogen and oxygen atoms in total. The van der Waals surface area contributed by atoms with Crippen LogP contribution in [0.25, 0.3) is 22.3 Å². The van der Waals surface area contributed by atoms with E-state index in [1.54, 1.807) is 0 Å². The standard InChI is InChI=1S/C38H38O2/c1-27(2)31-17-21-33(22-18-31)35-9-5-7-11-37(35)39-25-29-13-15-30(16-14-29)26-40-38-12-8-6-10-36(38)34-23-19-32(20-24-34)28(3)4/h5-24,27-28H,25-26H2,1-4H3. The number of hydrogen-bond acceptors (Lipinski definition) is 2. The first-order valence-corrected chi connectivity index (χ1v) is 14.2. The van der Waals surface area contributed by atoms with Gasteiger partial charge < -0.3 is 9.47 Å². The highest BCUT2D eigenvalue weighted by atomic mass is 16.5. The first kappa shape index (κ1) is 27.3. The summed E-state index contributed by atoms with van der Waals surface area (Å²) in [6.07, 6.45) is 0. The minimum atomic E-state index is 0.511. The Balaban J connectivity index is 1.22. The first-order chi connectivity index (χ1) is 19.5. The summed E-state index contributed by atoms with van der Waals surface area (Å²) < 4.78 is 12.6. The Morgan fingerprint density at radius 3 is 1.12 bits per heavy atom. The van der Waals surface area contributed by atoms with Crippen LogP contribution in [0, 0.1) is 0 Å². The lowest BCUT2D eigenvalue weighted by Crippen LogP contribution is -2.00. The van der Waals surface area contributed by atoms with Crippen LogP contribution in [0.15, 0.2) is 121 Å². The van der Waals surface area contributed by atoms with E-state index in [1.165, 1.54) is 22.3 Å². The zero-order valence-electron chi connectivity index (χ0n) is 23.9. The first-order valence-electron chi connectivity index (χ1n) is 14.2. The quantitative estimate of drug-likeness (QED) is 0.180. The van der Waals surface area contributed by atoms with Crippen molar-refractivity contribution in [1.82, 2.24) is 0 Å². The van der Waals surface area contributed by atoms with E-state index in [1.807, 2.05) is 24.3 Å². The molecule has 0 aliphatic rings. The molecule has 0 N–H and O–H groups in total. The number of hydrogen-bond donors (Lipinski definition) is 0. The molecular weight excluding hydrogens is 488 g/mol. The fourth-order valence-corrected chi connectivity index (χ4v) is 4.81. The van der Waals surface area contributed by atoms with E-state index in [9.17, 15) is 0 Å². The van der Waals surface area contributed by atoms with Crippen molar-refractivity contribution in [2.24, 2.45) is 0 Å². The number of rotatable bonds is 10. The van der Waals surface area contributed by atoms with Crippen molar-refractivity contribution in [3.8, 4) is 33.8 Å². The van der Waals surface area contributed by atoms with Crippen LogP contribution < -0.4 is 9.47 Å². The number of benzene rings is 5. The Morgan fingerprint density at radius 2 is 0.775 bits per heavy atom. The molecule has 0 unspecified atom stereocenters. The summed E-state index contributed by atoms with van der Waals surface area (Å²) in [4.78, 5) is 0. The highest BCUT2D eigenvalue weighted by Gasteiger charge is 2.09. The predicted molar refractivity (Wildman–Crippen MR) is 167 cm³/mol. The molecule has 5 aromatic carbocycles. The summed E-state index contributed by atoms with van der Waals surface area (Å²) in [6.45, 7) is 9.89. The zero-order valence-corrected chi connectivity index (χ0v) is 23.9. The van der Waals surface area contributed by atoms with E-state index in [2.05, 4.69) is 125 Å². The number of ether oxygens (including phenoxy) is 2. The molecule has 202 valence electrons. The second-order valence-corrected chi connectivity index (χ2v) is 10.9. The third-order valence-electron chi connectivity index (χ3n) is 7.36. The summed E-state index contributed by atoms with van der Waals surface area (Å²) in [6, 6.07) is 42.6. The molecule has 0 heterocycles. The molecule has 0 atom stereocenters. The van der Waals surface area contributed by atoms with Crippen molar-refractivity contribution in [1.29, 1.82) is 0 Å². The van der Waals surface area contributed by atoms with E-state index in [0.717, 1.165) is 33.8 Å². The van der Waals surface area contributed by atoms with E-state index in [0.29, 0.717) is 25.0 Å². The fourth-order valence-electron chi connectivity index (χ4n) is 4.81. The minimum Gasteiger partial charge on any atom is -0.488 e. The Kier molecular flexibility index (Phi) is 8.66.